The molecule has 2 aromatic rings. The maximum atomic E-state index is 11.5. The third-order valence-electron chi connectivity index (χ3n) is 5.59. The van der Waals surface area contributed by atoms with Crippen LogP contribution < -0.4 is 5.48 Å². The van der Waals surface area contributed by atoms with Gasteiger partial charge in [0.25, 0.3) is 0 Å². The van der Waals surface area contributed by atoms with E-state index in [4.69, 9.17) is 14.7 Å². The van der Waals surface area contributed by atoms with E-state index >= 15 is 0 Å². The zero-order valence-electron chi connectivity index (χ0n) is 17.3. The van der Waals surface area contributed by atoms with Crippen molar-refractivity contribution < 1.29 is 24.6 Å². The summed E-state index contributed by atoms with van der Waals surface area (Å²) in [6, 6.07) is 18.1. The number of ether oxygens (including phenoxy) is 2. The molecule has 0 bridgehead atoms. The topological polar surface area (TPSA) is 88.0 Å². The molecule has 162 valence electrons. The summed E-state index contributed by atoms with van der Waals surface area (Å²) in [6.45, 7) is 1.37. The van der Waals surface area contributed by atoms with Crippen molar-refractivity contribution in [3.8, 4) is 11.1 Å². The van der Waals surface area contributed by atoms with Gasteiger partial charge in [0, 0.05) is 12.8 Å². The summed E-state index contributed by atoms with van der Waals surface area (Å²) in [5.41, 5.74) is 3.70. The van der Waals surface area contributed by atoms with Crippen LogP contribution >= 0.6 is 0 Å². The van der Waals surface area contributed by atoms with E-state index in [0.29, 0.717) is 45.3 Å². The van der Waals surface area contributed by atoms with Gasteiger partial charge in [0.05, 0.1) is 18.8 Å². The van der Waals surface area contributed by atoms with Crippen LogP contribution in [0.4, 0.5) is 0 Å². The Morgan fingerprint density at radius 1 is 0.967 bits per heavy atom. The molecule has 1 unspecified atom stereocenters. The van der Waals surface area contributed by atoms with Crippen LogP contribution in [-0.4, -0.2) is 35.7 Å². The minimum atomic E-state index is -1.03. The number of aliphatic hydroxyl groups is 1. The molecule has 0 aliphatic carbocycles. The Balaban J connectivity index is 1.69. The van der Waals surface area contributed by atoms with Gasteiger partial charge in [-0.1, -0.05) is 54.6 Å². The third kappa shape index (κ3) is 6.37. The summed E-state index contributed by atoms with van der Waals surface area (Å²) in [6.07, 6.45) is 3.73. The average molecular weight is 414 g/mol. The Kier molecular flexibility index (Phi) is 8.39. The maximum Gasteiger partial charge on any atom is 0.243 e. The van der Waals surface area contributed by atoms with Gasteiger partial charge in [0.15, 0.2) is 6.29 Å². The number of hydrogen-bond acceptors (Lipinski definition) is 5. The lowest BCUT2D eigenvalue weighted by atomic mass is 9.83. The van der Waals surface area contributed by atoms with Gasteiger partial charge in [-0.3, -0.25) is 10.0 Å². The van der Waals surface area contributed by atoms with E-state index in [1.807, 2.05) is 42.5 Å². The molecule has 1 atom stereocenters. The van der Waals surface area contributed by atoms with Crippen molar-refractivity contribution in [2.45, 2.75) is 56.8 Å². The first-order valence-electron chi connectivity index (χ1n) is 10.7. The Morgan fingerprint density at radius 3 is 2.30 bits per heavy atom. The zero-order chi connectivity index (χ0) is 21.2. The van der Waals surface area contributed by atoms with Gasteiger partial charge >= 0.3 is 0 Å². The van der Waals surface area contributed by atoms with Gasteiger partial charge in [-0.25, -0.2) is 5.48 Å². The Labute approximate surface area is 177 Å². The van der Waals surface area contributed by atoms with Crippen LogP contribution in [0.5, 0.6) is 0 Å². The molecule has 0 aromatic heterocycles. The van der Waals surface area contributed by atoms with Crippen LogP contribution in [0.15, 0.2) is 54.6 Å². The Morgan fingerprint density at radius 2 is 1.63 bits per heavy atom. The van der Waals surface area contributed by atoms with Crippen LogP contribution in [0.25, 0.3) is 11.1 Å². The fraction of sp³-hybridized carbons (Fsp3) is 0.458. The highest BCUT2D eigenvalue weighted by atomic mass is 16.7. The lowest BCUT2D eigenvalue weighted by Crippen LogP contribution is -2.31. The predicted octanol–water partition coefficient (Wildman–Crippen LogP) is 4.15. The average Bonchev–Trinajstić information content (AvgIpc) is 2.82. The fourth-order valence-corrected chi connectivity index (χ4v) is 3.84. The predicted molar refractivity (Wildman–Crippen MR) is 114 cm³/mol. The molecule has 6 nitrogen and oxygen atoms in total. The van der Waals surface area contributed by atoms with Gasteiger partial charge in [-0.05, 0) is 48.8 Å². The molecule has 3 N–H and O–H groups in total. The molecular weight excluding hydrogens is 382 g/mol. The number of carbonyl (C=O) groups is 1. The van der Waals surface area contributed by atoms with Crippen LogP contribution in [0.3, 0.4) is 0 Å². The van der Waals surface area contributed by atoms with Gasteiger partial charge < -0.3 is 14.6 Å². The number of hydroxylamine groups is 1. The number of amides is 1. The lowest BCUT2D eigenvalue weighted by Gasteiger charge is -2.32. The summed E-state index contributed by atoms with van der Waals surface area (Å²) >= 11 is 0. The first-order valence-corrected chi connectivity index (χ1v) is 10.7. The number of nitrogens with one attached hydrogen (secondary N) is 1. The Hall–Kier alpha value is -2.25. The minimum Gasteiger partial charge on any atom is -0.385 e. The zero-order valence-corrected chi connectivity index (χ0v) is 17.3. The molecule has 0 saturated carbocycles. The Bertz CT molecular complexity index is 774. The molecule has 6 heteroatoms. The first kappa shape index (κ1) is 22.4. The molecule has 3 rings (SSSR count). The van der Waals surface area contributed by atoms with E-state index in [0.717, 1.165) is 23.1 Å². The lowest BCUT2D eigenvalue weighted by molar-refractivity contribution is -0.187. The molecule has 0 spiro atoms. The number of hydrogen-bond donors (Lipinski definition) is 3. The summed E-state index contributed by atoms with van der Waals surface area (Å²) in [5.74, 6) is -0.408. The van der Waals surface area contributed by atoms with E-state index in [1.165, 1.54) is 0 Å². The molecule has 0 radical (unpaired) electrons. The van der Waals surface area contributed by atoms with Crippen molar-refractivity contribution in [1.29, 1.82) is 0 Å². The molecule has 1 amide bonds. The van der Waals surface area contributed by atoms with Crippen molar-refractivity contribution in [3.63, 3.8) is 0 Å². The number of rotatable bonds is 10. The summed E-state index contributed by atoms with van der Waals surface area (Å²) in [7, 11) is 0. The quantitative estimate of drug-likeness (QED) is 0.309. The van der Waals surface area contributed by atoms with E-state index in [2.05, 4.69) is 12.1 Å². The van der Waals surface area contributed by atoms with Crippen molar-refractivity contribution >= 4 is 5.91 Å². The highest BCUT2D eigenvalue weighted by Crippen LogP contribution is 2.35. The molecule has 1 aliphatic rings. The number of unbranched alkanes of at least 4 members (excludes halogenated alkanes) is 1. The fourth-order valence-electron chi connectivity index (χ4n) is 3.84. The second-order valence-electron chi connectivity index (χ2n) is 7.78. The van der Waals surface area contributed by atoms with Crippen LogP contribution in [-0.2, 0) is 19.9 Å². The third-order valence-corrected chi connectivity index (χ3v) is 5.59. The second kappa shape index (κ2) is 11.2. The van der Waals surface area contributed by atoms with E-state index in [9.17, 15) is 9.90 Å². The van der Waals surface area contributed by atoms with Gasteiger partial charge in [0.1, 0.15) is 0 Å². The van der Waals surface area contributed by atoms with Crippen LogP contribution in [0, 0.1) is 0 Å². The number of benzene rings is 2. The highest BCUT2D eigenvalue weighted by molar-refractivity contribution is 5.74. The molecular formula is C24H31NO5. The molecule has 1 heterocycles. The van der Waals surface area contributed by atoms with E-state index in [1.54, 1.807) is 5.48 Å². The molecule has 1 saturated heterocycles. The van der Waals surface area contributed by atoms with Crippen molar-refractivity contribution in [1.82, 2.24) is 5.48 Å². The normalized spacial score (nSPS) is 16.7. The smallest absolute Gasteiger partial charge is 0.243 e. The van der Waals surface area contributed by atoms with E-state index < -0.39 is 11.5 Å². The van der Waals surface area contributed by atoms with Gasteiger partial charge in [-0.15, -0.1) is 0 Å². The molecule has 30 heavy (non-hydrogen) atoms. The van der Waals surface area contributed by atoms with Crippen LogP contribution in [0.2, 0.25) is 0 Å². The van der Waals surface area contributed by atoms with Crippen LogP contribution in [0.1, 0.15) is 50.5 Å². The summed E-state index contributed by atoms with van der Waals surface area (Å²) in [5, 5.41) is 20.2. The summed E-state index contributed by atoms with van der Waals surface area (Å²) in [4.78, 5) is 11.3. The SMILES string of the molecule is O=C(CCCCC(O)(CCC1OCCCO1)c1ccc(-c2ccccc2)cc1)NO. The van der Waals surface area contributed by atoms with Crippen molar-refractivity contribution in [2.75, 3.05) is 13.2 Å². The molecule has 2 aromatic carbocycles. The second-order valence-corrected chi connectivity index (χ2v) is 7.78. The monoisotopic (exact) mass is 413 g/mol. The molecule has 1 fully saturated rings. The van der Waals surface area contributed by atoms with Gasteiger partial charge in [0.2, 0.25) is 5.91 Å². The number of carbonyl (C=O) groups excluding carboxylic acids is 1. The summed E-state index contributed by atoms with van der Waals surface area (Å²) < 4.78 is 11.3. The highest BCUT2D eigenvalue weighted by Gasteiger charge is 2.30. The maximum absolute atomic E-state index is 11.5. The van der Waals surface area contributed by atoms with Gasteiger partial charge in [-0.2, -0.15) is 0 Å². The molecule has 1 aliphatic heterocycles. The largest absolute Gasteiger partial charge is 0.385 e. The van der Waals surface area contributed by atoms with Crippen molar-refractivity contribution in [2.24, 2.45) is 0 Å². The van der Waals surface area contributed by atoms with Crippen molar-refractivity contribution in [3.05, 3.63) is 60.2 Å². The first-order chi connectivity index (χ1) is 14.6. The minimum absolute atomic E-state index is 0.231. The standard InChI is InChI=1S/C24H31NO5/c26-22(25-28)9-4-5-15-24(27,16-14-23-29-17-6-18-30-23)21-12-10-20(11-13-21)19-7-2-1-3-8-19/h1-3,7-8,10-13,23,27-28H,4-6,9,14-18H2,(H,25,26). The van der Waals surface area contributed by atoms with E-state index in [-0.39, 0.29) is 12.7 Å².